The molecular formula is C25H23N5O3. The number of rotatable bonds is 6. The van der Waals surface area contributed by atoms with Crippen LogP contribution in [0.3, 0.4) is 0 Å². The molecule has 2 aromatic carbocycles. The average Bonchev–Trinajstić information content (AvgIpc) is 2.85. The Balaban J connectivity index is 1.38. The van der Waals surface area contributed by atoms with Gasteiger partial charge in [-0.25, -0.2) is 4.98 Å². The smallest absolute Gasteiger partial charge is 0.373 e. The van der Waals surface area contributed by atoms with Crippen LogP contribution in [0.15, 0.2) is 73.2 Å². The Labute approximate surface area is 191 Å². The lowest BCUT2D eigenvalue weighted by molar-refractivity contribution is -0.385. The third-order valence-corrected chi connectivity index (χ3v) is 6.04. The lowest BCUT2D eigenvalue weighted by Crippen LogP contribution is -2.35. The number of nitrogens with zero attached hydrogens (tertiary/aromatic N) is 5. The van der Waals surface area contributed by atoms with Gasteiger partial charge in [-0.15, -0.1) is 0 Å². The lowest BCUT2D eigenvalue weighted by Gasteiger charge is -2.32. The SMILES string of the molecule is O=[N+]([O-])c1c(Oc2cccc3cccnc23)ncnc1N1CCC(Cc2ccccc2)CC1. The van der Waals surface area contributed by atoms with Crippen LogP contribution in [0.4, 0.5) is 11.5 Å². The van der Waals surface area contributed by atoms with E-state index >= 15 is 0 Å². The van der Waals surface area contributed by atoms with Crippen molar-refractivity contribution in [2.75, 3.05) is 18.0 Å². The summed E-state index contributed by atoms with van der Waals surface area (Å²) in [7, 11) is 0. The molecule has 0 N–H and O–H groups in total. The number of fused-ring (bicyclic) bond motifs is 1. The molecule has 1 aliphatic rings. The van der Waals surface area contributed by atoms with Crippen LogP contribution in [0, 0.1) is 16.0 Å². The van der Waals surface area contributed by atoms with E-state index in [1.807, 2.05) is 35.2 Å². The van der Waals surface area contributed by atoms with Crippen LogP contribution in [0.2, 0.25) is 0 Å². The minimum Gasteiger partial charge on any atom is -0.431 e. The van der Waals surface area contributed by atoms with E-state index in [1.54, 1.807) is 12.3 Å². The van der Waals surface area contributed by atoms with Crippen molar-refractivity contribution in [3.05, 3.63) is 88.9 Å². The summed E-state index contributed by atoms with van der Waals surface area (Å²) in [5.41, 5.74) is 1.73. The first kappa shape index (κ1) is 20.8. The van der Waals surface area contributed by atoms with Crippen LogP contribution < -0.4 is 9.64 Å². The maximum absolute atomic E-state index is 12.0. The predicted molar refractivity (Wildman–Crippen MR) is 126 cm³/mol. The van der Waals surface area contributed by atoms with Gasteiger partial charge >= 0.3 is 11.6 Å². The van der Waals surface area contributed by atoms with Gasteiger partial charge in [0.05, 0.1) is 4.92 Å². The standard InChI is InChI=1S/C25H23N5O3/c31-30(32)23-24(29-14-11-19(12-15-29)16-18-6-2-1-3-7-18)27-17-28-25(23)33-21-10-4-8-20-9-5-13-26-22(20)21/h1-10,13,17,19H,11-12,14-16H2. The molecule has 0 spiro atoms. The minimum absolute atomic E-state index is 0.0745. The normalized spacial score (nSPS) is 14.4. The van der Waals surface area contributed by atoms with E-state index in [2.05, 4.69) is 39.2 Å². The molecule has 1 aliphatic heterocycles. The highest BCUT2D eigenvalue weighted by Gasteiger charge is 2.31. The van der Waals surface area contributed by atoms with E-state index in [-0.39, 0.29) is 11.6 Å². The molecule has 1 saturated heterocycles. The van der Waals surface area contributed by atoms with E-state index < -0.39 is 4.92 Å². The quantitative estimate of drug-likeness (QED) is 0.300. The third-order valence-electron chi connectivity index (χ3n) is 6.04. The first-order chi connectivity index (χ1) is 16.2. The second-order valence-corrected chi connectivity index (χ2v) is 8.16. The molecule has 3 heterocycles. The van der Waals surface area contributed by atoms with E-state index in [4.69, 9.17) is 4.74 Å². The van der Waals surface area contributed by atoms with Gasteiger partial charge in [-0.2, -0.15) is 4.98 Å². The highest BCUT2D eigenvalue weighted by Crippen LogP contribution is 2.39. The number of nitro groups is 1. The second kappa shape index (κ2) is 9.20. The van der Waals surface area contributed by atoms with Crippen LogP contribution in [0.5, 0.6) is 11.6 Å². The number of para-hydroxylation sites is 1. The van der Waals surface area contributed by atoms with Crippen molar-refractivity contribution < 1.29 is 9.66 Å². The molecule has 0 atom stereocenters. The first-order valence-corrected chi connectivity index (χ1v) is 11.0. The molecule has 2 aromatic heterocycles. The van der Waals surface area contributed by atoms with Gasteiger partial charge in [0.2, 0.25) is 5.82 Å². The highest BCUT2D eigenvalue weighted by molar-refractivity contribution is 5.84. The maximum atomic E-state index is 12.0. The first-order valence-electron chi connectivity index (χ1n) is 11.0. The largest absolute Gasteiger partial charge is 0.431 e. The molecule has 1 fully saturated rings. The zero-order valence-corrected chi connectivity index (χ0v) is 18.0. The van der Waals surface area contributed by atoms with Crippen molar-refractivity contribution in [2.24, 2.45) is 5.92 Å². The van der Waals surface area contributed by atoms with Gasteiger partial charge in [-0.05, 0) is 42.9 Å². The maximum Gasteiger partial charge on any atom is 0.373 e. The summed E-state index contributed by atoms with van der Waals surface area (Å²) in [6, 6.07) is 19.6. The lowest BCUT2D eigenvalue weighted by atomic mass is 9.90. The Hall–Kier alpha value is -4.07. The number of hydrogen-bond acceptors (Lipinski definition) is 7. The van der Waals surface area contributed by atoms with E-state index in [0.717, 1.165) is 24.6 Å². The number of benzene rings is 2. The minimum atomic E-state index is -0.459. The molecule has 166 valence electrons. The zero-order valence-electron chi connectivity index (χ0n) is 18.0. The molecule has 0 unspecified atom stereocenters. The molecule has 4 aromatic rings. The van der Waals surface area contributed by atoms with Crippen molar-refractivity contribution in [3.8, 4) is 11.6 Å². The summed E-state index contributed by atoms with van der Waals surface area (Å²) >= 11 is 0. The predicted octanol–water partition coefficient (Wildman–Crippen LogP) is 5.18. The highest BCUT2D eigenvalue weighted by atomic mass is 16.6. The fourth-order valence-electron chi connectivity index (χ4n) is 4.38. The fourth-order valence-corrected chi connectivity index (χ4v) is 4.38. The van der Waals surface area contributed by atoms with Crippen LogP contribution in [-0.4, -0.2) is 33.0 Å². The average molecular weight is 441 g/mol. The van der Waals surface area contributed by atoms with Gasteiger partial charge in [-0.1, -0.05) is 48.5 Å². The molecule has 0 radical (unpaired) electrons. The number of anilines is 1. The molecule has 33 heavy (non-hydrogen) atoms. The number of hydrogen-bond donors (Lipinski definition) is 0. The van der Waals surface area contributed by atoms with Crippen LogP contribution in [0.25, 0.3) is 10.9 Å². The molecule has 0 aliphatic carbocycles. The summed E-state index contributed by atoms with van der Waals surface area (Å²) in [5, 5.41) is 12.9. The molecule has 0 bridgehead atoms. The van der Waals surface area contributed by atoms with Gasteiger partial charge in [0.15, 0.2) is 5.75 Å². The number of ether oxygens (including phenoxy) is 1. The van der Waals surface area contributed by atoms with Crippen molar-refractivity contribution >= 4 is 22.4 Å². The van der Waals surface area contributed by atoms with Gasteiger partial charge in [-0.3, -0.25) is 15.1 Å². The third kappa shape index (κ3) is 4.45. The topological polar surface area (TPSA) is 94.3 Å². The summed E-state index contributed by atoms with van der Waals surface area (Å²) in [5.74, 6) is 1.19. The second-order valence-electron chi connectivity index (χ2n) is 8.16. The summed E-state index contributed by atoms with van der Waals surface area (Å²) in [4.78, 5) is 26.3. The van der Waals surface area contributed by atoms with Crippen LogP contribution in [0.1, 0.15) is 18.4 Å². The summed E-state index contributed by atoms with van der Waals surface area (Å²) in [6.07, 6.45) is 5.89. The molecule has 8 heteroatoms. The molecule has 0 saturated carbocycles. The number of pyridine rings is 1. The van der Waals surface area contributed by atoms with E-state index in [0.29, 0.717) is 36.1 Å². The Morgan fingerprint density at radius 3 is 2.55 bits per heavy atom. The zero-order chi connectivity index (χ0) is 22.6. The molecule has 5 rings (SSSR count). The fraction of sp³-hybridized carbons (Fsp3) is 0.240. The molecular weight excluding hydrogens is 418 g/mol. The van der Waals surface area contributed by atoms with Crippen molar-refractivity contribution in [1.82, 2.24) is 15.0 Å². The Morgan fingerprint density at radius 2 is 1.76 bits per heavy atom. The summed E-state index contributed by atoms with van der Waals surface area (Å²) in [6.45, 7) is 1.40. The van der Waals surface area contributed by atoms with Crippen molar-refractivity contribution in [3.63, 3.8) is 0 Å². The van der Waals surface area contributed by atoms with E-state index in [1.165, 1.54) is 11.9 Å². The molecule has 8 nitrogen and oxygen atoms in total. The Bertz CT molecular complexity index is 1270. The van der Waals surface area contributed by atoms with E-state index in [9.17, 15) is 10.1 Å². The van der Waals surface area contributed by atoms with Gasteiger partial charge in [0, 0.05) is 24.7 Å². The summed E-state index contributed by atoms with van der Waals surface area (Å²) < 4.78 is 5.93. The Morgan fingerprint density at radius 1 is 0.970 bits per heavy atom. The van der Waals surface area contributed by atoms with Gasteiger partial charge in [0.1, 0.15) is 11.8 Å². The van der Waals surface area contributed by atoms with Crippen LogP contribution >= 0.6 is 0 Å². The molecule has 0 amide bonds. The monoisotopic (exact) mass is 441 g/mol. The van der Waals surface area contributed by atoms with Gasteiger partial charge in [0.25, 0.3) is 0 Å². The number of piperidine rings is 1. The van der Waals surface area contributed by atoms with Gasteiger partial charge < -0.3 is 9.64 Å². The van der Waals surface area contributed by atoms with Crippen LogP contribution in [-0.2, 0) is 6.42 Å². The van der Waals surface area contributed by atoms with Crippen molar-refractivity contribution in [1.29, 1.82) is 0 Å². The van der Waals surface area contributed by atoms with Crippen molar-refractivity contribution in [2.45, 2.75) is 19.3 Å². The number of aromatic nitrogens is 3. The Kier molecular flexibility index (Phi) is 5.80.